The Bertz CT molecular complexity index is 1470. The fourth-order valence-electron chi connectivity index (χ4n) is 3.68. The molecule has 3 aromatic rings. The average Bonchev–Trinajstić information content (AvgIpc) is 2.86. The third-order valence-electron chi connectivity index (χ3n) is 5.51. The highest BCUT2D eigenvalue weighted by molar-refractivity contribution is 7.89. The van der Waals surface area contributed by atoms with Gasteiger partial charge in [0.05, 0.1) is 35.4 Å². The maximum absolute atomic E-state index is 13.2. The SMILES string of the molecule is Cc1ccc(-c2ccc(=O)n(CC(=O)Nc3cccc(C#N)c3)n2)cc1S(=O)(=O)N1CCOCC1. The molecular formula is C24H23N5O5S. The summed E-state index contributed by atoms with van der Waals surface area (Å²) < 4.78 is 34.1. The van der Waals surface area contributed by atoms with Gasteiger partial charge in [-0.15, -0.1) is 0 Å². The molecule has 0 spiro atoms. The fraction of sp³-hybridized carbons (Fsp3) is 0.250. The highest BCUT2D eigenvalue weighted by Crippen LogP contribution is 2.26. The lowest BCUT2D eigenvalue weighted by atomic mass is 10.1. The van der Waals surface area contributed by atoms with Gasteiger partial charge in [0.25, 0.3) is 5.56 Å². The van der Waals surface area contributed by atoms with Crippen molar-refractivity contribution >= 4 is 21.6 Å². The molecule has 0 aliphatic carbocycles. The number of hydrogen-bond donors (Lipinski definition) is 1. The van der Waals surface area contributed by atoms with Gasteiger partial charge in [-0.05, 0) is 42.8 Å². The molecule has 2 heterocycles. The molecule has 2 aromatic carbocycles. The number of carbonyl (C=O) groups is 1. The Labute approximate surface area is 202 Å². The third-order valence-corrected chi connectivity index (χ3v) is 7.55. The Morgan fingerprint density at radius 2 is 1.91 bits per heavy atom. The van der Waals surface area contributed by atoms with Crippen LogP contribution < -0.4 is 10.9 Å². The van der Waals surface area contributed by atoms with Gasteiger partial charge in [-0.25, -0.2) is 13.1 Å². The van der Waals surface area contributed by atoms with Crippen molar-refractivity contribution in [2.45, 2.75) is 18.4 Å². The van der Waals surface area contributed by atoms with Crippen LogP contribution in [-0.2, 0) is 26.1 Å². The van der Waals surface area contributed by atoms with Crippen molar-refractivity contribution in [2.75, 3.05) is 31.6 Å². The van der Waals surface area contributed by atoms with E-state index in [0.29, 0.717) is 41.3 Å². The van der Waals surface area contributed by atoms with E-state index in [2.05, 4.69) is 10.4 Å². The van der Waals surface area contributed by atoms with Crippen molar-refractivity contribution in [2.24, 2.45) is 0 Å². The number of rotatable bonds is 6. The van der Waals surface area contributed by atoms with Crippen molar-refractivity contribution in [3.05, 3.63) is 76.1 Å². The van der Waals surface area contributed by atoms with Crippen LogP contribution in [0.3, 0.4) is 0 Å². The number of nitriles is 1. The number of ether oxygens (including phenoxy) is 1. The number of anilines is 1. The van der Waals surface area contributed by atoms with Gasteiger partial charge < -0.3 is 10.1 Å². The molecule has 0 saturated carbocycles. The van der Waals surface area contributed by atoms with E-state index in [-0.39, 0.29) is 24.5 Å². The predicted molar refractivity (Wildman–Crippen MR) is 128 cm³/mol. The minimum Gasteiger partial charge on any atom is -0.379 e. The van der Waals surface area contributed by atoms with Crippen molar-refractivity contribution in [3.63, 3.8) is 0 Å². The molecule has 11 heteroatoms. The van der Waals surface area contributed by atoms with Gasteiger partial charge in [0.2, 0.25) is 15.9 Å². The summed E-state index contributed by atoms with van der Waals surface area (Å²) in [6, 6.07) is 16.1. The maximum Gasteiger partial charge on any atom is 0.267 e. The van der Waals surface area contributed by atoms with Crippen LogP contribution in [0.5, 0.6) is 0 Å². The highest BCUT2D eigenvalue weighted by atomic mass is 32.2. The number of carbonyl (C=O) groups excluding carboxylic acids is 1. The van der Waals surface area contributed by atoms with Gasteiger partial charge in [-0.3, -0.25) is 9.59 Å². The number of hydrogen-bond acceptors (Lipinski definition) is 7. The van der Waals surface area contributed by atoms with Gasteiger partial charge in [0, 0.05) is 30.4 Å². The second kappa shape index (κ2) is 10.2. The fourth-order valence-corrected chi connectivity index (χ4v) is 5.34. The van der Waals surface area contributed by atoms with Crippen molar-refractivity contribution in [1.82, 2.24) is 14.1 Å². The van der Waals surface area contributed by atoms with Crippen molar-refractivity contribution in [1.29, 1.82) is 5.26 Å². The summed E-state index contributed by atoms with van der Waals surface area (Å²) in [5.41, 5.74) is 1.77. The molecule has 0 atom stereocenters. The Kier molecular flexibility index (Phi) is 7.07. The summed E-state index contributed by atoms with van der Waals surface area (Å²) >= 11 is 0. The lowest BCUT2D eigenvalue weighted by Crippen LogP contribution is -2.40. The van der Waals surface area contributed by atoms with Crippen LogP contribution in [0.25, 0.3) is 11.3 Å². The standard InChI is InChI=1S/C24H23N5O5S/c1-17-5-6-19(14-22(17)35(32,33)28-9-11-34-12-10-28)21-7-8-24(31)29(27-21)16-23(30)26-20-4-2-3-18(13-20)15-25/h2-8,13-14H,9-12,16H2,1H3,(H,26,30). The first-order valence-corrected chi connectivity index (χ1v) is 12.3. The Morgan fingerprint density at radius 1 is 1.14 bits per heavy atom. The first-order valence-electron chi connectivity index (χ1n) is 10.8. The zero-order chi connectivity index (χ0) is 25.0. The van der Waals surface area contributed by atoms with Crippen molar-refractivity contribution < 1.29 is 17.9 Å². The first kappa shape index (κ1) is 24.3. The number of aromatic nitrogens is 2. The summed E-state index contributed by atoms with van der Waals surface area (Å²) in [7, 11) is -3.73. The van der Waals surface area contributed by atoms with E-state index >= 15 is 0 Å². The maximum atomic E-state index is 13.2. The van der Waals surface area contributed by atoms with E-state index in [4.69, 9.17) is 10.00 Å². The monoisotopic (exact) mass is 493 g/mol. The summed E-state index contributed by atoms with van der Waals surface area (Å²) in [6.07, 6.45) is 0. The number of morpholine rings is 1. The van der Waals surface area contributed by atoms with E-state index in [1.54, 1.807) is 37.3 Å². The minimum absolute atomic E-state index is 0.159. The highest BCUT2D eigenvalue weighted by Gasteiger charge is 2.28. The molecule has 180 valence electrons. The van der Waals surface area contributed by atoms with Crippen LogP contribution in [-0.4, -0.2) is 54.7 Å². The molecule has 0 bridgehead atoms. The number of sulfonamides is 1. The molecule has 1 fully saturated rings. The van der Waals surface area contributed by atoms with E-state index in [9.17, 15) is 18.0 Å². The molecule has 1 saturated heterocycles. The summed E-state index contributed by atoms with van der Waals surface area (Å²) in [4.78, 5) is 25.0. The molecule has 4 rings (SSSR count). The van der Waals surface area contributed by atoms with Crippen LogP contribution in [0.2, 0.25) is 0 Å². The molecule has 1 aliphatic heterocycles. The van der Waals surface area contributed by atoms with E-state index in [1.165, 1.54) is 28.6 Å². The van der Waals surface area contributed by atoms with Gasteiger partial charge in [0.1, 0.15) is 6.54 Å². The van der Waals surface area contributed by atoms with Crippen LogP contribution in [0, 0.1) is 18.3 Å². The Morgan fingerprint density at radius 3 is 2.66 bits per heavy atom. The molecular weight excluding hydrogens is 470 g/mol. The summed E-state index contributed by atoms with van der Waals surface area (Å²) in [6.45, 7) is 2.61. The minimum atomic E-state index is -3.73. The van der Waals surface area contributed by atoms with E-state index in [1.807, 2.05) is 6.07 Å². The molecule has 1 aromatic heterocycles. The largest absolute Gasteiger partial charge is 0.379 e. The Hall–Kier alpha value is -3.85. The molecule has 1 aliphatic rings. The van der Waals surface area contributed by atoms with E-state index in [0.717, 1.165) is 4.68 Å². The van der Waals surface area contributed by atoms with Gasteiger partial charge >= 0.3 is 0 Å². The first-order chi connectivity index (χ1) is 16.8. The molecule has 0 radical (unpaired) electrons. The van der Waals surface area contributed by atoms with Crippen LogP contribution in [0.4, 0.5) is 5.69 Å². The summed E-state index contributed by atoms with van der Waals surface area (Å²) in [5, 5.41) is 15.9. The molecule has 1 N–H and O–H groups in total. The normalized spacial score (nSPS) is 14.3. The number of nitrogens with zero attached hydrogens (tertiary/aromatic N) is 4. The Balaban J connectivity index is 1.60. The number of nitrogens with one attached hydrogen (secondary N) is 1. The number of benzene rings is 2. The second-order valence-corrected chi connectivity index (χ2v) is 9.86. The molecule has 10 nitrogen and oxygen atoms in total. The van der Waals surface area contributed by atoms with Crippen LogP contribution in [0.15, 0.2) is 64.3 Å². The topological polar surface area (TPSA) is 134 Å². The zero-order valence-corrected chi connectivity index (χ0v) is 19.8. The van der Waals surface area contributed by atoms with Gasteiger partial charge in [-0.2, -0.15) is 14.7 Å². The van der Waals surface area contributed by atoms with Gasteiger partial charge in [-0.1, -0.05) is 18.2 Å². The van der Waals surface area contributed by atoms with Gasteiger partial charge in [0.15, 0.2) is 0 Å². The van der Waals surface area contributed by atoms with Crippen LogP contribution >= 0.6 is 0 Å². The average molecular weight is 494 g/mol. The zero-order valence-electron chi connectivity index (χ0n) is 19.0. The molecule has 35 heavy (non-hydrogen) atoms. The molecule has 1 amide bonds. The summed E-state index contributed by atoms with van der Waals surface area (Å²) in [5.74, 6) is -0.494. The second-order valence-electron chi connectivity index (χ2n) is 7.95. The lowest BCUT2D eigenvalue weighted by molar-refractivity contribution is -0.117. The lowest BCUT2D eigenvalue weighted by Gasteiger charge is -2.26. The quantitative estimate of drug-likeness (QED) is 0.553. The van der Waals surface area contributed by atoms with E-state index < -0.39 is 21.5 Å². The third kappa shape index (κ3) is 5.46. The number of aryl methyl sites for hydroxylation is 1. The van der Waals surface area contributed by atoms with Crippen LogP contribution in [0.1, 0.15) is 11.1 Å². The molecule has 0 unspecified atom stereocenters. The smallest absolute Gasteiger partial charge is 0.267 e. The number of amides is 1. The predicted octanol–water partition coefficient (Wildman–Crippen LogP) is 1.75. The van der Waals surface area contributed by atoms with Crippen molar-refractivity contribution in [3.8, 4) is 17.3 Å².